The van der Waals surface area contributed by atoms with E-state index in [0.717, 1.165) is 4.90 Å². The van der Waals surface area contributed by atoms with Crippen LogP contribution in [-0.2, 0) is 5.75 Å². The number of aromatic hydroxyl groups is 1. The highest BCUT2D eigenvalue weighted by atomic mass is 32.2. The fourth-order valence-corrected chi connectivity index (χ4v) is 2.48. The molecule has 0 saturated carbocycles. The number of hydrogen-bond acceptors (Lipinski definition) is 5. The molecule has 4 N–H and O–H groups in total. The third-order valence-corrected chi connectivity index (χ3v) is 3.66. The summed E-state index contributed by atoms with van der Waals surface area (Å²) in [4.78, 5) is 12.2. The van der Waals surface area contributed by atoms with E-state index in [0.29, 0.717) is 22.8 Å². The molecule has 5 nitrogen and oxygen atoms in total. The van der Waals surface area contributed by atoms with Gasteiger partial charge in [-0.3, -0.25) is 10.2 Å². The van der Waals surface area contributed by atoms with Crippen LogP contribution in [0.25, 0.3) is 0 Å². The highest BCUT2D eigenvalue weighted by molar-refractivity contribution is 7.98. The number of rotatable bonds is 4. The van der Waals surface area contributed by atoms with Crippen LogP contribution in [0.1, 0.15) is 21.9 Å². The number of carbonyl (C=O) groups excluding carboxylic acids is 1. The molecule has 0 spiro atoms. The van der Waals surface area contributed by atoms with E-state index in [1.165, 1.54) is 11.8 Å². The van der Waals surface area contributed by atoms with E-state index in [4.69, 9.17) is 10.3 Å². The van der Waals surface area contributed by atoms with Gasteiger partial charge >= 0.3 is 0 Å². The summed E-state index contributed by atoms with van der Waals surface area (Å²) in [5.74, 6) is 6.65. The van der Waals surface area contributed by atoms with E-state index >= 15 is 0 Å². The normalized spacial score (nSPS) is 10.4. The number of phenolic OH excluding ortho intramolecular Hbond substituents is 1. The van der Waals surface area contributed by atoms with E-state index in [1.807, 2.05) is 12.1 Å². The molecule has 0 bridgehead atoms. The second kappa shape index (κ2) is 5.81. The molecule has 0 aliphatic heterocycles. The van der Waals surface area contributed by atoms with Crippen molar-refractivity contribution in [1.82, 2.24) is 5.43 Å². The minimum absolute atomic E-state index is 0.232. The maximum absolute atomic E-state index is 11.4. The molecule has 1 amide bonds. The molecule has 1 aromatic heterocycles. The number of nitrogens with two attached hydrogens (primary N) is 1. The van der Waals surface area contributed by atoms with Crippen LogP contribution in [0, 0.1) is 6.92 Å². The van der Waals surface area contributed by atoms with Crippen molar-refractivity contribution in [1.29, 1.82) is 0 Å². The first-order valence-electron chi connectivity index (χ1n) is 5.63. The Balaban J connectivity index is 2.09. The van der Waals surface area contributed by atoms with Gasteiger partial charge in [0.05, 0.1) is 11.3 Å². The number of hydrazine groups is 1. The summed E-state index contributed by atoms with van der Waals surface area (Å²) in [6.07, 6.45) is 0. The molecule has 0 fully saturated rings. The third-order valence-electron chi connectivity index (χ3n) is 2.58. The number of carbonyl (C=O) groups is 1. The van der Waals surface area contributed by atoms with Gasteiger partial charge in [-0.15, -0.1) is 11.8 Å². The highest BCUT2D eigenvalue weighted by Crippen LogP contribution is 2.31. The van der Waals surface area contributed by atoms with E-state index in [9.17, 15) is 9.90 Å². The zero-order chi connectivity index (χ0) is 13.8. The third kappa shape index (κ3) is 3.10. The molecule has 19 heavy (non-hydrogen) atoms. The van der Waals surface area contributed by atoms with E-state index in [-0.39, 0.29) is 11.7 Å². The number of nitrogens with one attached hydrogen (secondary N) is 1. The smallest absolute Gasteiger partial charge is 0.268 e. The lowest BCUT2D eigenvalue weighted by Gasteiger charge is -2.01. The number of para-hydroxylation sites is 1. The Bertz CT molecular complexity index is 595. The van der Waals surface area contributed by atoms with Gasteiger partial charge in [-0.25, -0.2) is 5.84 Å². The van der Waals surface area contributed by atoms with Gasteiger partial charge in [0.15, 0.2) is 0 Å². The van der Waals surface area contributed by atoms with Crippen molar-refractivity contribution in [2.24, 2.45) is 5.84 Å². The SMILES string of the molecule is Cc1oc(CSc2ccccc2O)cc1C(=O)NN. The van der Waals surface area contributed by atoms with Crippen molar-refractivity contribution in [2.75, 3.05) is 0 Å². The lowest BCUT2D eigenvalue weighted by Crippen LogP contribution is -2.30. The fraction of sp³-hybridized carbons (Fsp3) is 0.154. The van der Waals surface area contributed by atoms with Gasteiger partial charge in [-0.1, -0.05) is 12.1 Å². The Kier molecular flexibility index (Phi) is 4.13. The van der Waals surface area contributed by atoms with Crippen LogP contribution < -0.4 is 11.3 Å². The lowest BCUT2D eigenvalue weighted by atomic mass is 10.2. The van der Waals surface area contributed by atoms with Crippen LogP contribution in [0.2, 0.25) is 0 Å². The Hall–Kier alpha value is -1.92. The molecule has 0 aliphatic carbocycles. The van der Waals surface area contributed by atoms with Crippen LogP contribution in [0.4, 0.5) is 0 Å². The van der Waals surface area contributed by atoms with Crippen LogP contribution in [0.15, 0.2) is 39.6 Å². The summed E-state index contributed by atoms with van der Waals surface area (Å²) in [5, 5.41) is 9.64. The summed E-state index contributed by atoms with van der Waals surface area (Å²) < 4.78 is 5.48. The zero-order valence-corrected chi connectivity index (χ0v) is 11.2. The monoisotopic (exact) mass is 278 g/mol. The first-order chi connectivity index (χ1) is 9.11. The Morgan fingerprint density at radius 2 is 2.21 bits per heavy atom. The second-order valence-electron chi connectivity index (χ2n) is 3.91. The number of furan rings is 1. The largest absolute Gasteiger partial charge is 0.507 e. The van der Waals surface area contributed by atoms with Crippen LogP contribution in [0.5, 0.6) is 5.75 Å². The lowest BCUT2D eigenvalue weighted by molar-refractivity contribution is 0.0952. The van der Waals surface area contributed by atoms with Gasteiger partial charge < -0.3 is 9.52 Å². The molecule has 1 aromatic carbocycles. The van der Waals surface area contributed by atoms with Crippen molar-refractivity contribution < 1.29 is 14.3 Å². The summed E-state index contributed by atoms with van der Waals surface area (Å²) in [6, 6.07) is 8.72. The highest BCUT2D eigenvalue weighted by Gasteiger charge is 2.14. The summed E-state index contributed by atoms with van der Waals surface area (Å²) in [5.41, 5.74) is 2.50. The molecule has 0 radical (unpaired) electrons. The summed E-state index contributed by atoms with van der Waals surface area (Å²) in [6.45, 7) is 1.71. The Morgan fingerprint density at radius 1 is 1.47 bits per heavy atom. The molecular formula is C13H14N2O3S. The number of thioether (sulfide) groups is 1. The summed E-state index contributed by atoms with van der Waals surface area (Å²) >= 11 is 1.43. The Labute approximate surface area is 114 Å². The molecule has 0 aliphatic rings. The minimum Gasteiger partial charge on any atom is -0.507 e. The number of hydrogen-bond donors (Lipinski definition) is 3. The second-order valence-corrected chi connectivity index (χ2v) is 4.93. The predicted molar refractivity (Wildman–Crippen MR) is 72.8 cm³/mol. The molecule has 2 aromatic rings. The van der Waals surface area contributed by atoms with Gasteiger partial charge in [-0.05, 0) is 25.1 Å². The van der Waals surface area contributed by atoms with Crippen molar-refractivity contribution >= 4 is 17.7 Å². The van der Waals surface area contributed by atoms with Gasteiger partial charge in [0.25, 0.3) is 5.91 Å². The van der Waals surface area contributed by atoms with E-state index in [2.05, 4.69) is 5.43 Å². The average Bonchev–Trinajstić information content (AvgIpc) is 2.78. The van der Waals surface area contributed by atoms with Gasteiger partial charge in [0, 0.05) is 4.90 Å². The predicted octanol–water partition coefficient (Wildman–Crippen LogP) is 2.19. The maximum atomic E-state index is 11.4. The topological polar surface area (TPSA) is 88.5 Å². The van der Waals surface area contributed by atoms with Crippen LogP contribution in [-0.4, -0.2) is 11.0 Å². The molecule has 2 rings (SSSR count). The van der Waals surface area contributed by atoms with Gasteiger partial charge in [-0.2, -0.15) is 0 Å². The zero-order valence-electron chi connectivity index (χ0n) is 10.3. The van der Waals surface area contributed by atoms with Crippen molar-refractivity contribution in [2.45, 2.75) is 17.6 Å². The number of nitrogen functional groups attached to an aromatic ring is 1. The first-order valence-corrected chi connectivity index (χ1v) is 6.61. The van der Waals surface area contributed by atoms with Gasteiger partial charge in [0.1, 0.15) is 17.3 Å². The van der Waals surface area contributed by atoms with Crippen LogP contribution >= 0.6 is 11.8 Å². The molecule has 1 heterocycles. The number of aryl methyl sites for hydroxylation is 1. The standard InChI is InChI=1S/C13H14N2O3S/c1-8-10(13(17)15-14)6-9(18-8)7-19-12-5-3-2-4-11(12)16/h2-6,16H,7,14H2,1H3,(H,15,17). The van der Waals surface area contributed by atoms with Crippen molar-refractivity contribution in [3.8, 4) is 5.75 Å². The molecule has 100 valence electrons. The maximum Gasteiger partial charge on any atom is 0.268 e. The van der Waals surface area contributed by atoms with E-state index < -0.39 is 0 Å². The summed E-state index contributed by atoms with van der Waals surface area (Å²) in [7, 11) is 0. The van der Waals surface area contributed by atoms with E-state index in [1.54, 1.807) is 25.1 Å². The van der Waals surface area contributed by atoms with Crippen molar-refractivity contribution in [3.05, 3.63) is 47.4 Å². The number of phenols is 1. The minimum atomic E-state index is -0.375. The van der Waals surface area contributed by atoms with Gasteiger partial charge in [0.2, 0.25) is 0 Å². The molecule has 0 atom stereocenters. The molecule has 6 heteroatoms. The van der Waals surface area contributed by atoms with Crippen molar-refractivity contribution in [3.63, 3.8) is 0 Å². The molecule has 0 saturated heterocycles. The number of benzene rings is 1. The first kappa shape index (κ1) is 13.5. The van der Waals surface area contributed by atoms with Crippen LogP contribution in [0.3, 0.4) is 0 Å². The Morgan fingerprint density at radius 3 is 2.89 bits per heavy atom. The number of amides is 1. The fourth-order valence-electron chi connectivity index (χ4n) is 1.65. The quantitative estimate of drug-likeness (QED) is 0.345. The molecule has 0 unspecified atom stereocenters. The average molecular weight is 278 g/mol. The molecular weight excluding hydrogens is 264 g/mol.